The summed E-state index contributed by atoms with van der Waals surface area (Å²) in [5.41, 5.74) is -4.86. The first-order valence-corrected chi connectivity index (χ1v) is 19.5. The predicted octanol–water partition coefficient (Wildman–Crippen LogP) is 2.01. The standard InChI is InChI=1S/C40H60N6O8/c1-11-35(7)21-39(23(5)37(9,13-3)43-35)31(51)45(33(53)41-39)19-17-25-26(28(30(49)50)16-15-27(25)29(47)48)18-20-46-32(52)40(42-34(46)54)22-36(8,12-2)44-38(10,14-4)24(40)6/h15-16,23-24,43-44H,11-14,17-22H2,1-10H3,(H,41,53)(H,42,54)(H,47,48)(H,49,50)/p-2. The van der Waals surface area contributed by atoms with Crippen LogP contribution in [0.15, 0.2) is 12.1 Å². The molecule has 1 aromatic rings. The molecule has 0 saturated carbocycles. The Kier molecular flexibility index (Phi) is 10.6. The first-order valence-electron chi connectivity index (χ1n) is 19.5. The van der Waals surface area contributed by atoms with Crippen molar-refractivity contribution in [3.8, 4) is 0 Å². The molecule has 0 bridgehead atoms. The van der Waals surface area contributed by atoms with E-state index in [1.54, 1.807) is 0 Å². The van der Waals surface area contributed by atoms with Gasteiger partial charge in [-0.2, -0.15) is 0 Å². The monoisotopic (exact) mass is 750 g/mol. The van der Waals surface area contributed by atoms with Crippen LogP contribution in [0, 0.1) is 11.8 Å². The van der Waals surface area contributed by atoms with Gasteiger partial charge in [0.1, 0.15) is 11.1 Å². The molecule has 14 nitrogen and oxygen atoms in total. The topological polar surface area (TPSA) is 203 Å². The fraction of sp³-hybridized carbons (Fsp3) is 0.700. The lowest BCUT2D eigenvalue weighted by Gasteiger charge is -2.56. The highest BCUT2D eigenvalue weighted by Gasteiger charge is 2.65. The molecule has 4 aliphatic heterocycles. The van der Waals surface area contributed by atoms with Gasteiger partial charge in [0, 0.05) is 58.2 Å². The molecule has 5 rings (SSSR count). The van der Waals surface area contributed by atoms with Crippen molar-refractivity contribution < 1.29 is 39.0 Å². The maximum Gasteiger partial charge on any atom is 0.325 e. The Morgan fingerprint density at radius 3 is 1.26 bits per heavy atom. The molecule has 4 saturated heterocycles. The van der Waals surface area contributed by atoms with Gasteiger partial charge in [-0.05, 0) is 90.2 Å². The van der Waals surface area contributed by atoms with E-state index in [0.717, 1.165) is 21.9 Å². The van der Waals surface area contributed by atoms with Crippen LogP contribution >= 0.6 is 0 Å². The molecule has 8 atom stereocenters. The fourth-order valence-electron chi connectivity index (χ4n) is 10.1. The van der Waals surface area contributed by atoms with Crippen LogP contribution in [-0.4, -0.2) is 91.9 Å². The zero-order chi connectivity index (χ0) is 40.4. The molecule has 8 unspecified atom stereocenters. The molecule has 4 heterocycles. The number of carboxylic acid groups (broad SMARTS) is 2. The second kappa shape index (κ2) is 13.9. The fourth-order valence-corrected chi connectivity index (χ4v) is 10.1. The molecule has 6 amide bonds. The first-order chi connectivity index (χ1) is 25.0. The molecule has 4 fully saturated rings. The van der Waals surface area contributed by atoms with Gasteiger partial charge in [-0.1, -0.05) is 53.7 Å². The minimum absolute atomic E-state index is 0.0301. The van der Waals surface area contributed by atoms with Crippen molar-refractivity contribution in [1.29, 1.82) is 0 Å². The van der Waals surface area contributed by atoms with Crippen LogP contribution in [0.2, 0.25) is 0 Å². The van der Waals surface area contributed by atoms with E-state index in [1.807, 2.05) is 69.2 Å². The van der Waals surface area contributed by atoms with Gasteiger partial charge < -0.3 is 41.1 Å². The van der Waals surface area contributed by atoms with Crippen LogP contribution in [0.25, 0.3) is 0 Å². The number of aromatic carboxylic acids is 2. The first kappa shape index (κ1) is 41.1. The summed E-state index contributed by atoms with van der Waals surface area (Å²) in [5.74, 6) is -4.60. The third-order valence-corrected chi connectivity index (χ3v) is 14.4. The second-order valence-electron chi connectivity index (χ2n) is 17.3. The molecule has 0 aromatic heterocycles. The minimum Gasteiger partial charge on any atom is -0.545 e. The van der Waals surface area contributed by atoms with Gasteiger partial charge in [0.15, 0.2) is 0 Å². The molecule has 1 aromatic carbocycles. The number of piperidine rings is 2. The number of nitrogens with zero attached hydrogens (tertiary/aromatic N) is 2. The van der Waals surface area contributed by atoms with Crippen LogP contribution in [-0.2, 0) is 22.4 Å². The SMILES string of the molecule is CCC1(C)CC2(NC(=O)N(CCc3c(C(=O)[O-])ccc(C(=O)[O-])c3CCN3C(=O)NC4(CC(C)(CC)NC(C)(CC)C4C)C3=O)C2=O)C(C)C(C)(CC)N1. The number of carbonyl (C=O) groups is 6. The third-order valence-electron chi connectivity index (χ3n) is 14.4. The van der Waals surface area contributed by atoms with Crippen molar-refractivity contribution in [1.82, 2.24) is 31.1 Å². The summed E-state index contributed by atoms with van der Waals surface area (Å²) in [6.07, 6.45) is 3.09. The molecule has 0 radical (unpaired) electrons. The average Bonchev–Trinajstić information content (AvgIpc) is 3.49. The predicted molar refractivity (Wildman–Crippen MR) is 197 cm³/mol. The van der Waals surface area contributed by atoms with Crippen molar-refractivity contribution in [2.24, 2.45) is 11.8 Å². The molecular weight excluding hydrogens is 692 g/mol. The van der Waals surface area contributed by atoms with Crippen LogP contribution in [0.4, 0.5) is 9.59 Å². The Morgan fingerprint density at radius 2 is 0.981 bits per heavy atom. The number of hydrogen-bond acceptors (Lipinski definition) is 10. The minimum atomic E-state index is -1.58. The molecule has 4 aliphatic rings. The van der Waals surface area contributed by atoms with Gasteiger partial charge >= 0.3 is 12.1 Å². The maximum absolute atomic E-state index is 14.4. The number of amides is 6. The zero-order valence-electron chi connectivity index (χ0n) is 33.5. The molecule has 54 heavy (non-hydrogen) atoms. The summed E-state index contributed by atoms with van der Waals surface area (Å²) in [6, 6.07) is 0.990. The number of imide groups is 2. The van der Waals surface area contributed by atoms with Crippen LogP contribution < -0.4 is 31.5 Å². The molecular formula is C40H58N6O8-2. The number of rotatable bonds is 12. The number of hydrogen-bond donors (Lipinski definition) is 4. The van der Waals surface area contributed by atoms with E-state index < -0.39 is 69.0 Å². The van der Waals surface area contributed by atoms with Gasteiger partial charge in [0.2, 0.25) is 0 Å². The van der Waals surface area contributed by atoms with E-state index in [2.05, 4.69) is 21.3 Å². The number of nitrogens with one attached hydrogen (secondary N) is 4. The van der Waals surface area contributed by atoms with Gasteiger partial charge in [-0.3, -0.25) is 19.4 Å². The lowest BCUT2D eigenvalue weighted by Crippen LogP contribution is -2.74. The molecule has 14 heteroatoms. The molecule has 2 spiro atoms. The lowest BCUT2D eigenvalue weighted by atomic mass is 9.61. The average molecular weight is 751 g/mol. The largest absolute Gasteiger partial charge is 0.545 e. The van der Waals surface area contributed by atoms with Crippen molar-refractivity contribution in [3.63, 3.8) is 0 Å². The summed E-state index contributed by atoms with van der Waals surface area (Å²) < 4.78 is 0. The van der Waals surface area contributed by atoms with E-state index in [9.17, 15) is 39.0 Å². The van der Waals surface area contributed by atoms with Gasteiger partial charge in [0.25, 0.3) is 11.8 Å². The van der Waals surface area contributed by atoms with Crippen molar-refractivity contribution in [2.45, 2.75) is 154 Å². The highest BCUT2D eigenvalue weighted by atomic mass is 16.4. The summed E-state index contributed by atoms with van der Waals surface area (Å²) in [6.45, 7) is 19.7. The zero-order valence-corrected chi connectivity index (χ0v) is 33.5. The van der Waals surface area contributed by atoms with E-state index in [-0.39, 0.29) is 60.0 Å². The van der Waals surface area contributed by atoms with Gasteiger partial charge in [0.05, 0.1) is 11.9 Å². The normalized spacial score (nSPS) is 36.6. The van der Waals surface area contributed by atoms with E-state index >= 15 is 0 Å². The number of benzene rings is 1. The third kappa shape index (κ3) is 6.36. The highest BCUT2D eigenvalue weighted by Crippen LogP contribution is 2.48. The Bertz CT molecular complexity index is 1640. The molecule has 4 N–H and O–H groups in total. The molecule has 298 valence electrons. The van der Waals surface area contributed by atoms with Crippen molar-refractivity contribution in [2.75, 3.05) is 13.1 Å². The van der Waals surface area contributed by atoms with E-state index in [4.69, 9.17) is 0 Å². The summed E-state index contributed by atoms with van der Waals surface area (Å²) in [5, 5.41) is 38.4. The van der Waals surface area contributed by atoms with Gasteiger partial charge in [-0.15, -0.1) is 0 Å². The van der Waals surface area contributed by atoms with Crippen molar-refractivity contribution in [3.05, 3.63) is 34.4 Å². The number of carbonyl (C=O) groups excluding carboxylic acids is 6. The van der Waals surface area contributed by atoms with Crippen molar-refractivity contribution >= 4 is 35.8 Å². The number of urea groups is 2. The smallest absolute Gasteiger partial charge is 0.325 e. The highest BCUT2D eigenvalue weighted by molar-refractivity contribution is 6.08. The van der Waals surface area contributed by atoms with Crippen LogP contribution in [0.1, 0.15) is 140 Å². The summed E-state index contributed by atoms with van der Waals surface area (Å²) >= 11 is 0. The molecule has 0 aliphatic carbocycles. The van der Waals surface area contributed by atoms with E-state index in [1.165, 1.54) is 0 Å². The number of carboxylic acids is 2. The Hall–Kier alpha value is -4.04. The quantitative estimate of drug-likeness (QED) is 0.229. The Labute approximate surface area is 318 Å². The Morgan fingerprint density at radius 1 is 0.648 bits per heavy atom. The summed E-state index contributed by atoms with van der Waals surface area (Å²) in [4.78, 5) is 83.1. The van der Waals surface area contributed by atoms with Crippen LogP contribution in [0.3, 0.4) is 0 Å². The lowest BCUT2D eigenvalue weighted by molar-refractivity contribution is -0.256. The Balaban J connectivity index is 1.47. The van der Waals surface area contributed by atoms with Crippen LogP contribution in [0.5, 0.6) is 0 Å². The second-order valence-corrected chi connectivity index (χ2v) is 17.3. The van der Waals surface area contributed by atoms with E-state index in [0.29, 0.717) is 38.5 Å². The maximum atomic E-state index is 14.4. The van der Waals surface area contributed by atoms with Gasteiger partial charge in [-0.25, -0.2) is 9.59 Å². The summed E-state index contributed by atoms with van der Waals surface area (Å²) in [7, 11) is 0.